The number of hydrogen-bond donors (Lipinski definition) is 4. The summed E-state index contributed by atoms with van der Waals surface area (Å²) in [4.78, 5) is 69.0. The molecule has 2 aromatic heterocycles. The SMILES string of the molecule is CC(C)(C)OC(=O)NCC(=O)N1CCC[C@H]1c1ncc(C#Cc2ccc(-c3cnc([C@@H]4CCCN4C(=O)CNC(=O)OC(C)(C)C)[nH]3)cc2)[nH]1. The van der Waals surface area contributed by atoms with Gasteiger partial charge in [-0.15, -0.1) is 0 Å². The Labute approximate surface area is 292 Å². The van der Waals surface area contributed by atoms with Crippen LogP contribution in [0.15, 0.2) is 36.7 Å². The number of H-pyrrole nitrogens is 2. The third-order valence-electron chi connectivity index (χ3n) is 8.07. The molecule has 3 aromatic rings. The second kappa shape index (κ2) is 15.1. The molecule has 14 nitrogen and oxygen atoms in total. The van der Waals surface area contributed by atoms with Crippen LogP contribution in [0.4, 0.5) is 9.59 Å². The van der Waals surface area contributed by atoms with Crippen LogP contribution in [-0.2, 0) is 19.1 Å². The topological polar surface area (TPSA) is 175 Å². The van der Waals surface area contributed by atoms with Gasteiger partial charge in [0.1, 0.15) is 41.6 Å². The van der Waals surface area contributed by atoms with Gasteiger partial charge in [-0.3, -0.25) is 9.59 Å². The lowest BCUT2D eigenvalue weighted by atomic mass is 10.1. The maximum Gasteiger partial charge on any atom is 0.408 e. The predicted octanol–water partition coefficient (Wildman–Crippen LogP) is 4.58. The summed E-state index contributed by atoms with van der Waals surface area (Å²) in [7, 11) is 0. The van der Waals surface area contributed by atoms with Gasteiger partial charge in [0.25, 0.3) is 0 Å². The number of carbonyl (C=O) groups is 4. The van der Waals surface area contributed by atoms with Crippen molar-refractivity contribution in [2.75, 3.05) is 26.2 Å². The summed E-state index contributed by atoms with van der Waals surface area (Å²) < 4.78 is 10.5. The molecule has 2 aliphatic heterocycles. The highest BCUT2D eigenvalue weighted by Crippen LogP contribution is 2.32. The zero-order valence-corrected chi connectivity index (χ0v) is 29.5. The second-order valence-corrected chi connectivity index (χ2v) is 14.4. The van der Waals surface area contributed by atoms with Gasteiger partial charge in [-0.1, -0.05) is 18.1 Å². The molecule has 50 heavy (non-hydrogen) atoms. The number of likely N-dealkylation sites (tertiary alicyclic amines) is 2. The van der Waals surface area contributed by atoms with Crippen molar-refractivity contribution in [3.8, 4) is 23.1 Å². The van der Waals surface area contributed by atoms with Crippen molar-refractivity contribution in [2.24, 2.45) is 0 Å². The highest BCUT2D eigenvalue weighted by atomic mass is 16.6. The van der Waals surface area contributed by atoms with Crippen LogP contribution >= 0.6 is 0 Å². The van der Waals surface area contributed by atoms with Crippen LogP contribution in [0.2, 0.25) is 0 Å². The monoisotopic (exact) mass is 686 g/mol. The van der Waals surface area contributed by atoms with Gasteiger partial charge < -0.3 is 39.9 Å². The molecular formula is C36H46N8O6. The third-order valence-corrected chi connectivity index (χ3v) is 8.07. The van der Waals surface area contributed by atoms with Crippen molar-refractivity contribution >= 4 is 24.0 Å². The fourth-order valence-electron chi connectivity index (χ4n) is 5.92. The van der Waals surface area contributed by atoms with Crippen molar-refractivity contribution in [3.63, 3.8) is 0 Å². The first kappa shape index (κ1) is 36.0. The van der Waals surface area contributed by atoms with Crippen LogP contribution in [0.25, 0.3) is 11.3 Å². The van der Waals surface area contributed by atoms with E-state index in [1.54, 1.807) is 63.7 Å². The van der Waals surface area contributed by atoms with E-state index in [2.05, 4.69) is 42.4 Å². The van der Waals surface area contributed by atoms with E-state index in [0.717, 1.165) is 42.5 Å². The Bertz CT molecular complexity index is 1750. The summed E-state index contributed by atoms with van der Waals surface area (Å²) in [5.41, 5.74) is 1.89. The molecule has 4 heterocycles. The maximum absolute atomic E-state index is 12.9. The fraction of sp³-hybridized carbons (Fsp3) is 0.500. The number of carbonyl (C=O) groups excluding carboxylic acids is 4. The minimum atomic E-state index is -0.644. The Morgan fingerprint density at radius 2 is 1.26 bits per heavy atom. The van der Waals surface area contributed by atoms with E-state index in [1.807, 2.05) is 24.3 Å². The lowest BCUT2D eigenvalue weighted by Crippen LogP contribution is -2.41. The van der Waals surface area contributed by atoms with Gasteiger partial charge in [0, 0.05) is 18.7 Å². The van der Waals surface area contributed by atoms with E-state index in [1.165, 1.54) is 0 Å². The smallest absolute Gasteiger partial charge is 0.408 e. The van der Waals surface area contributed by atoms with Gasteiger partial charge in [-0.2, -0.15) is 0 Å². The summed E-state index contributed by atoms with van der Waals surface area (Å²) in [6.07, 6.45) is 5.37. The van der Waals surface area contributed by atoms with Crippen molar-refractivity contribution < 1.29 is 28.7 Å². The zero-order chi connectivity index (χ0) is 36.1. The Morgan fingerprint density at radius 3 is 1.78 bits per heavy atom. The van der Waals surface area contributed by atoms with Gasteiger partial charge >= 0.3 is 12.2 Å². The predicted molar refractivity (Wildman–Crippen MR) is 184 cm³/mol. The number of nitrogens with zero attached hydrogens (tertiary/aromatic N) is 4. The van der Waals surface area contributed by atoms with Crippen LogP contribution in [-0.4, -0.2) is 91.1 Å². The number of rotatable bonds is 7. The largest absolute Gasteiger partial charge is 0.444 e. The lowest BCUT2D eigenvalue weighted by Gasteiger charge is -2.24. The molecule has 266 valence electrons. The molecule has 2 aliphatic rings. The Morgan fingerprint density at radius 1 is 0.760 bits per heavy atom. The van der Waals surface area contributed by atoms with E-state index in [9.17, 15) is 19.2 Å². The van der Waals surface area contributed by atoms with Crippen molar-refractivity contribution in [1.29, 1.82) is 0 Å². The van der Waals surface area contributed by atoms with Crippen LogP contribution in [0.1, 0.15) is 102 Å². The molecule has 0 spiro atoms. The van der Waals surface area contributed by atoms with Gasteiger partial charge in [-0.05, 0) is 90.8 Å². The minimum Gasteiger partial charge on any atom is -0.444 e. The molecule has 1 aromatic carbocycles. The van der Waals surface area contributed by atoms with E-state index in [0.29, 0.717) is 30.4 Å². The van der Waals surface area contributed by atoms with Crippen molar-refractivity contribution in [1.82, 2.24) is 40.4 Å². The second-order valence-electron chi connectivity index (χ2n) is 14.4. The van der Waals surface area contributed by atoms with Crippen LogP contribution in [0, 0.1) is 11.8 Å². The number of amides is 4. The van der Waals surface area contributed by atoms with Crippen LogP contribution in [0.5, 0.6) is 0 Å². The summed E-state index contributed by atoms with van der Waals surface area (Å²) in [6, 6.07) is 7.32. The van der Waals surface area contributed by atoms with Crippen LogP contribution in [0.3, 0.4) is 0 Å². The van der Waals surface area contributed by atoms with E-state index in [-0.39, 0.29) is 37.0 Å². The highest BCUT2D eigenvalue weighted by Gasteiger charge is 2.33. The van der Waals surface area contributed by atoms with Crippen molar-refractivity contribution in [3.05, 3.63) is 59.6 Å². The average molecular weight is 687 g/mol. The number of imidazole rings is 2. The van der Waals surface area contributed by atoms with E-state index < -0.39 is 23.4 Å². The fourth-order valence-corrected chi connectivity index (χ4v) is 5.92. The standard InChI is InChI=1S/C36H46N8O6/c1-35(2,3)49-33(47)39-21-29(45)43-17-7-9-27(43)31-37-19-25(41-31)16-13-23-11-14-24(15-12-23)26-20-38-32(42-26)28-10-8-18-44(28)30(46)22-40-34(48)50-36(4,5)6/h11-12,14-15,19-20,27-28H,7-10,17-18,21-22H2,1-6H3,(H,37,41)(H,38,42)(H,39,47)(H,40,48)/t27-,28-/m0/s1. The molecule has 0 aliphatic carbocycles. The van der Waals surface area contributed by atoms with Crippen molar-refractivity contribution in [2.45, 2.75) is 90.5 Å². The molecule has 4 N–H and O–H groups in total. The molecule has 2 fully saturated rings. The molecule has 5 rings (SSSR count). The van der Waals surface area contributed by atoms with Gasteiger partial charge in [0.2, 0.25) is 11.8 Å². The Kier molecular flexibility index (Phi) is 10.8. The number of aromatic nitrogens is 4. The van der Waals surface area contributed by atoms with Gasteiger partial charge in [0.05, 0.1) is 30.2 Å². The number of hydrogen-bond acceptors (Lipinski definition) is 8. The number of benzene rings is 1. The summed E-state index contributed by atoms with van der Waals surface area (Å²) in [5.74, 6) is 7.24. The lowest BCUT2D eigenvalue weighted by molar-refractivity contribution is -0.132. The molecule has 4 amide bonds. The zero-order valence-electron chi connectivity index (χ0n) is 29.5. The van der Waals surface area contributed by atoms with Gasteiger partial charge in [-0.25, -0.2) is 19.6 Å². The number of nitrogens with one attached hydrogen (secondary N) is 4. The molecule has 14 heteroatoms. The minimum absolute atomic E-state index is 0.144. The Balaban J connectivity index is 1.15. The summed E-state index contributed by atoms with van der Waals surface area (Å²) in [5, 5.41) is 5.09. The molecule has 0 unspecified atom stereocenters. The van der Waals surface area contributed by atoms with Crippen LogP contribution < -0.4 is 10.6 Å². The number of aromatic amines is 2. The highest BCUT2D eigenvalue weighted by molar-refractivity contribution is 5.83. The van der Waals surface area contributed by atoms with Gasteiger partial charge in [0.15, 0.2) is 0 Å². The molecule has 0 bridgehead atoms. The average Bonchev–Trinajstić information content (AvgIpc) is 3.86. The van der Waals surface area contributed by atoms with E-state index in [4.69, 9.17) is 9.47 Å². The Hall–Kier alpha value is -5.32. The normalized spacial score (nSPS) is 17.6. The quantitative estimate of drug-likeness (QED) is 0.262. The first-order valence-corrected chi connectivity index (χ1v) is 16.9. The maximum atomic E-state index is 12.9. The number of alkyl carbamates (subject to hydrolysis) is 2. The molecular weight excluding hydrogens is 640 g/mol. The first-order valence-electron chi connectivity index (χ1n) is 16.9. The molecule has 2 saturated heterocycles. The molecule has 0 saturated carbocycles. The summed E-state index contributed by atoms with van der Waals surface area (Å²) >= 11 is 0. The molecule has 2 atom stereocenters. The number of ether oxygens (including phenoxy) is 2. The van der Waals surface area contributed by atoms with E-state index >= 15 is 0 Å². The first-order chi connectivity index (χ1) is 23.6. The molecule has 0 radical (unpaired) electrons. The third kappa shape index (κ3) is 9.64. The summed E-state index contributed by atoms with van der Waals surface area (Å²) in [6.45, 7) is 11.5.